The molecule has 96 valence electrons. The number of halogens is 3. The molecule has 0 atom stereocenters. The largest absolute Gasteiger partial charge is 0.300 e. The monoisotopic (exact) mass is 293 g/mol. The zero-order valence-corrected chi connectivity index (χ0v) is 10.5. The third-order valence-electron chi connectivity index (χ3n) is 2.25. The maximum atomic E-state index is 13.5. The Morgan fingerprint density at radius 1 is 1.28 bits per heavy atom. The molecule has 1 heterocycles. The van der Waals surface area contributed by atoms with E-state index in [9.17, 15) is 17.2 Å². The summed E-state index contributed by atoms with van der Waals surface area (Å²) < 4.78 is 49.8. The van der Waals surface area contributed by atoms with Gasteiger partial charge in [0.1, 0.15) is 0 Å². The van der Waals surface area contributed by atoms with Gasteiger partial charge >= 0.3 is 0 Å². The van der Waals surface area contributed by atoms with E-state index >= 15 is 0 Å². The molecule has 0 amide bonds. The minimum Gasteiger partial charge on any atom is -0.300 e. The zero-order chi connectivity index (χ0) is 13.5. The van der Waals surface area contributed by atoms with E-state index in [2.05, 4.69) is 10.2 Å². The number of benzene rings is 1. The van der Waals surface area contributed by atoms with Gasteiger partial charge in [0.15, 0.2) is 17.5 Å². The van der Waals surface area contributed by atoms with Crippen molar-refractivity contribution < 1.29 is 17.2 Å². The quantitative estimate of drug-likeness (QED) is 0.790. The average Bonchev–Trinajstić information content (AvgIpc) is 2.64. The molecule has 0 N–H and O–H groups in total. The Morgan fingerprint density at radius 2 is 1.94 bits per heavy atom. The van der Waals surface area contributed by atoms with Crippen LogP contribution in [0.5, 0.6) is 0 Å². The SMILES string of the molecule is Cn1c(-c2cccc(F)c2F)nnc1S(=O)(=O)Cl. The van der Waals surface area contributed by atoms with Crippen molar-refractivity contribution >= 4 is 19.7 Å². The van der Waals surface area contributed by atoms with E-state index in [0.29, 0.717) is 0 Å². The predicted molar refractivity (Wildman–Crippen MR) is 59.4 cm³/mol. The summed E-state index contributed by atoms with van der Waals surface area (Å²) in [5.74, 6) is -2.33. The van der Waals surface area contributed by atoms with Crippen LogP contribution < -0.4 is 0 Å². The number of aromatic nitrogens is 3. The third-order valence-corrected chi connectivity index (χ3v) is 3.45. The standard InChI is InChI=1S/C9H6ClF2N3O2S/c1-15-8(13-14-9(15)18(10,16)17)5-3-2-4-6(11)7(5)12/h2-4H,1H3. The Balaban J connectivity index is 2.67. The van der Waals surface area contributed by atoms with Crippen molar-refractivity contribution in [3.05, 3.63) is 29.8 Å². The maximum absolute atomic E-state index is 13.5. The molecule has 2 rings (SSSR count). The Labute approximate surface area is 105 Å². The van der Waals surface area contributed by atoms with E-state index in [0.717, 1.165) is 10.6 Å². The number of rotatable bonds is 2. The smallest absolute Gasteiger partial charge is 0.296 e. The summed E-state index contributed by atoms with van der Waals surface area (Å²) in [5.41, 5.74) is -0.198. The summed E-state index contributed by atoms with van der Waals surface area (Å²) in [5, 5.41) is 6.30. The fourth-order valence-electron chi connectivity index (χ4n) is 1.44. The highest BCUT2D eigenvalue weighted by molar-refractivity contribution is 8.13. The van der Waals surface area contributed by atoms with Gasteiger partial charge in [-0.1, -0.05) is 6.07 Å². The highest BCUT2D eigenvalue weighted by Crippen LogP contribution is 2.24. The van der Waals surface area contributed by atoms with E-state index in [1.807, 2.05) is 0 Å². The topological polar surface area (TPSA) is 64.8 Å². The molecule has 0 aliphatic heterocycles. The Kier molecular flexibility index (Phi) is 3.07. The summed E-state index contributed by atoms with van der Waals surface area (Å²) in [7, 11) is 2.31. The minimum atomic E-state index is -4.10. The fraction of sp³-hybridized carbons (Fsp3) is 0.111. The number of hydrogen-bond acceptors (Lipinski definition) is 4. The average molecular weight is 294 g/mol. The van der Waals surface area contributed by atoms with E-state index < -0.39 is 25.8 Å². The Hall–Kier alpha value is -1.54. The minimum absolute atomic E-state index is 0.133. The van der Waals surface area contributed by atoms with Gasteiger partial charge in [0, 0.05) is 17.7 Å². The molecule has 0 fully saturated rings. The Morgan fingerprint density at radius 3 is 2.50 bits per heavy atom. The predicted octanol–water partition coefficient (Wildman–Crippen LogP) is 1.69. The van der Waals surface area contributed by atoms with E-state index in [4.69, 9.17) is 10.7 Å². The number of nitrogens with zero attached hydrogens (tertiary/aromatic N) is 3. The van der Waals surface area contributed by atoms with Gasteiger partial charge in [-0.2, -0.15) is 0 Å². The lowest BCUT2D eigenvalue weighted by atomic mass is 10.2. The van der Waals surface area contributed by atoms with Crippen LogP contribution in [0.1, 0.15) is 0 Å². The van der Waals surface area contributed by atoms with E-state index in [-0.39, 0.29) is 11.4 Å². The molecule has 5 nitrogen and oxygen atoms in total. The molecule has 0 aliphatic rings. The van der Waals surface area contributed by atoms with Gasteiger partial charge in [-0.05, 0) is 12.1 Å². The Bertz CT molecular complexity index is 715. The fourth-order valence-corrected chi connectivity index (χ4v) is 2.39. The van der Waals surface area contributed by atoms with E-state index in [1.165, 1.54) is 19.2 Å². The lowest BCUT2D eigenvalue weighted by molar-refractivity contribution is 0.510. The van der Waals surface area contributed by atoms with Gasteiger partial charge in [-0.15, -0.1) is 10.2 Å². The first-order chi connectivity index (χ1) is 8.32. The molecule has 0 saturated heterocycles. The van der Waals surface area contributed by atoms with Crippen molar-refractivity contribution in [3.8, 4) is 11.4 Å². The second-order valence-corrected chi connectivity index (χ2v) is 5.86. The van der Waals surface area contributed by atoms with Crippen molar-refractivity contribution in [1.82, 2.24) is 14.8 Å². The number of hydrogen-bond donors (Lipinski definition) is 0. The van der Waals surface area contributed by atoms with Crippen LogP contribution in [0, 0.1) is 11.6 Å². The van der Waals surface area contributed by atoms with Crippen LogP contribution in [0.4, 0.5) is 8.78 Å². The van der Waals surface area contributed by atoms with Gasteiger partial charge < -0.3 is 0 Å². The molecule has 0 bridgehead atoms. The molecule has 1 aromatic carbocycles. The first-order valence-corrected chi connectivity index (χ1v) is 6.91. The van der Waals surface area contributed by atoms with Gasteiger partial charge in [0.2, 0.25) is 0 Å². The normalized spacial score (nSPS) is 11.8. The summed E-state index contributed by atoms with van der Waals surface area (Å²) >= 11 is 0. The van der Waals surface area contributed by atoms with Gasteiger partial charge in [0.25, 0.3) is 14.2 Å². The van der Waals surface area contributed by atoms with Crippen LogP contribution in [0.15, 0.2) is 23.4 Å². The van der Waals surface area contributed by atoms with Crippen LogP contribution in [0.3, 0.4) is 0 Å². The van der Waals surface area contributed by atoms with Crippen LogP contribution in [0.2, 0.25) is 0 Å². The second-order valence-electron chi connectivity index (χ2n) is 3.40. The van der Waals surface area contributed by atoms with Crippen molar-refractivity contribution in [2.24, 2.45) is 7.05 Å². The molecule has 0 radical (unpaired) electrons. The van der Waals surface area contributed by atoms with Gasteiger partial charge in [-0.25, -0.2) is 17.2 Å². The van der Waals surface area contributed by atoms with Crippen LogP contribution >= 0.6 is 10.7 Å². The van der Waals surface area contributed by atoms with Gasteiger partial charge in [0.05, 0.1) is 5.56 Å². The van der Waals surface area contributed by atoms with Crippen molar-refractivity contribution in [1.29, 1.82) is 0 Å². The molecule has 9 heteroatoms. The summed E-state index contributed by atoms with van der Waals surface area (Å²) in [6.07, 6.45) is 0. The molecule has 18 heavy (non-hydrogen) atoms. The van der Waals surface area contributed by atoms with Crippen molar-refractivity contribution in [2.75, 3.05) is 0 Å². The van der Waals surface area contributed by atoms with Crippen LogP contribution in [-0.2, 0) is 16.1 Å². The first kappa shape index (κ1) is 12.9. The molecule has 1 aromatic heterocycles. The highest BCUT2D eigenvalue weighted by atomic mass is 35.7. The lowest BCUT2D eigenvalue weighted by Gasteiger charge is -2.03. The maximum Gasteiger partial charge on any atom is 0.296 e. The molecule has 0 saturated carbocycles. The van der Waals surface area contributed by atoms with E-state index in [1.54, 1.807) is 0 Å². The second kappa shape index (κ2) is 4.29. The lowest BCUT2D eigenvalue weighted by Crippen LogP contribution is -2.03. The first-order valence-electron chi connectivity index (χ1n) is 4.61. The third kappa shape index (κ3) is 2.08. The zero-order valence-electron chi connectivity index (χ0n) is 8.93. The molecular weight excluding hydrogens is 288 g/mol. The van der Waals surface area contributed by atoms with Crippen LogP contribution in [-0.4, -0.2) is 23.2 Å². The molecule has 0 spiro atoms. The summed E-state index contributed by atoms with van der Waals surface area (Å²) in [6.45, 7) is 0. The van der Waals surface area contributed by atoms with Crippen LogP contribution in [0.25, 0.3) is 11.4 Å². The molecule has 0 aliphatic carbocycles. The molecular formula is C9H6ClF2N3O2S. The highest BCUT2D eigenvalue weighted by Gasteiger charge is 2.23. The summed E-state index contributed by atoms with van der Waals surface area (Å²) in [4.78, 5) is 0. The van der Waals surface area contributed by atoms with Crippen molar-refractivity contribution in [2.45, 2.75) is 5.16 Å². The molecule has 2 aromatic rings. The van der Waals surface area contributed by atoms with Crippen molar-refractivity contribution in [3.63, 3.8) is 0 Å². The molecule has 0 unspecified atom stereocenters. The summed E-state index contributed by atoms with van der Waals surface area (Å²) in [6, 6.07) is 3.47. The van der Waals surface area contributed by atoms with Gasteiger partial charge in [-0.3, -0.25) is 4.57 Å².